The topological polar surface area (TPSA) is 113 Å². The Balaban J connectivity index is 2.30. The fraction of sp³-hybridized carbons (Fsp3) is 0.231. The SMILES string of the molecule is CCCOc1cc(Sc2nc(N)cc(N)n2)c(N)cc1F. The molecule has 0 aliphatic heterocycles. The first-order valence-electron chi connectivity index (χ1n) is 6.29. The van der Waals surface area contributed by atoms with E-state index in [4.69, 9.17) is 21.9 Å². The molecule has 0 amide bonds. The number of rotatable bonds is 5. The molecule has 0 aliphatic carbocycles. The lowest BCUT2D eigenvalue weighted by molar-refractivity contribution is 0.300. The molecular weight excluding hydrogens is 293 g/mol. The highest BCUT2D eigenvalue weighted by atomic mass is 32.2. The van der Waals surface area contributed by atoms with Gasteiger partial charge in [0.2, 0.25) is 0 Å². The van der Waals surface area contributed by atoms with Crippen molar-refractivity contribution in [2.45, 2.75) is 23.4 Å². The molecule has 1 aromatic carbocycles. The summed E-state index contributed by atoms with van der Waals surface area (Å²) in [6.07, 6.45) is 0.779. The van der Waals surface area contributed by atoms with Crippen LogP contribution in [-0.4, -0.2) is 16.6 Å². The zero-order valence-electron chi connectivity index (χ0n) is 11.5. The first-order valence-corrected chi connectivity index (χ1v) is 7.11. The molecule has 0 saturated carbocycles. The summed E-state index contributed by atoms with van der Waals surface area (Å²) in [4.78, 5) is 8.66. The molecule has 0 radical (unpaired) electrons. The first kappa shape index (κ1) is 15.2. The third kappa shape index (κ3) is 3.88. The minimum absolute atomic E-state index is 0.144. The van der Waals surface area contributed by atoms with Crippen LogP contribution in [0.25, 0.3) is 0 Å². The molecule has 6 nitrogen and oxygen atoms in total. The van der Waals surface area contributed by atoms with Crippen LogP contribution in [0.3, 0.4) is 0 Å². The van der Waals surface area contributed by atoms with Crippen LogP contribution in [0.2, 0.25) is 0 Å². The van der Waals surface area contributed by atoms with Crippen molar-refractivity contribution in [2.24, 2.45) is 0 Å². The van der Waals surface area contributed by atoms with Crippen molar-refractivity contribution in [3.63, 3.8) is 0 Å². The quantitative estimate of drug-likeness (QED) is 0.573. The van der Waals surface area contributed by atoms with Crippen molar-refractivity contribution in [1.82, 2.24) is 9.97 Å². The Bertz CT molecular complexity index is 632. The van der Waals surface area contributed by atoms with Gasteiger partial charge in [0, 0.05) is 22.7 Å². The number of hydrogen-bond donors (Lipinski definition) is 3. The van der Waals surface area contributed by atoms with Crippen LogP contribution in [0, 0.1) is 5.82 Å². The van der Waals surface area contributed by atoms with E-state index in [-0.39, 0.29) is 23.1 Å². The van der Waals surface area contributed by atoms with Gasteiger partial charge in [-0.3, -0.25) is 0 Å². The van der Waals surface area contributed by atoms with Crippen molar-refractivity contribution in [3.05, 3.63) is 24.0 Å². The van der Waals surface area contributed by atoms with Gasteiger partial charge >= 0.3 is 0 Å². The Labute approximate surface area is 125 Å². The Morgan fingerprint density at radius 3 is 2.43 bits per heavy atom. The van der Waals surface area contributed by atoms with E-state index in [9.17, 15) is 4.39 Å². The summed E-state index contributed by atoms with van der Waals surface area (Å²) in [5, 5.41) is 0.340. The highest BCUT2D eigenvalue weighted by Crippen LogP contribution is 2.35. The second-order valence-electron chi connectivity index (χ2n) is 4.27. The smallest absolute Gasteiger partial charge is 0.196 e. The van der Waals surface area contributed by atoms with Crippen molar-refractivity contribution in [2.75, 3.05) is 23.8 Å². The first-order chi connectivity index (χ1) is 9.99. The average Bonchev–Trinajstić information content (AvgIpc) is 2.39. The monoisotopic (exact) mass is 309 g/mol. The molecule has 0 aliphatic rings. The van der Waals surface area contributed by atoms with E-state index < -0.39 is 5.82 Å². The van der Waals surface area contributed by atoms with E-state index in [1.807, 2.05) is 6.92 Å². The summed E-state index contributed by atoms with van der Waals surface area (Å²) in [7, 11) is 0. The zero-order chi connectivity index (χ0) is 15.4. The van der Waals surface area contributed by atoms with E-state index >= 15 is 0 Å². The summed E-state index contributed by atoms with van der Waals surface area (Å²) in [6.45, 7) is 2.36. The van der Waals surface area contributed by atoms with Crippen molar-refractivity contribution in [3.8, 4) is 5.75 Å². The maximum atomic E-state index is 13.7. The molecule has 0 unspecified atom stereocenters. The zero-order valence-corrected chi connectivity index (χ0v) is 12.3. The lowest BCUT2D eigenvalue weighted by Gasteiger charge is -2.10. The van der Waals surface area contributed by atoms with E-state index in [0.717, 1.165) is 18.2 Å². The molecule has 1 heterocycles. The van der Waals surface area contributed by atoms with Gasteiger partial charge in [-0.2, -0.15) is 0 Å². The molecule has 0 atom stereocenters. The van der Waals surface area contributed by atoms with Gasteiger partial charge < -0.3 is 21.9 Å². The highest BCUT2D eigenvalue weighted by molar-refractivity contribution is 7.99. The van der Waals surface area contributed by atoms with Gasteiger partial charge in [-0.15, -0.1) is 0 Å². The number of nitrogen functional groups attached to an aromatic ring is 3. The van der Waals surface area contributed by atoms with Crippen LogP contribution in [0.5, 0.6) is 5.75 Å². The van der Waals surface area contributed by atoms with Crippen LogP contribution < -0.4 is 21.9 Å². The number of ether oxygens (including phenoxy) is 1. The van der Waals surface area contributed by atoms with Crippen LogP contribution in [0.4, 0.5) is 21.7 Å². The molecule has 2 aromatic rings. The molecule has 21 heavy (non-hydrogen) atoms. The van der Waals surface area contributed by atoms with Crippen LogP contribution in [0.15, 0.2) is 28.3 Å². The van der Waals surface area contributed by atoms with Crippen LogP contribution in [-0.2, 0) is 0 Å². The van der Waals surface area contributed by atoms with Gasteiger partial charge in [-0.25, -0.2) is 14.4 Å². The molecule has 0 bridgehead atoms. The van der Waals surface area contributed by atoms with Gasteiger partial charge in [0.15, 0.2) is 16.7 Å². The predicted octanol–water partition coefficient (Wildman–Crippen LogP) is 2.30. The molecule has 1 aromatic heterocycles. The molecular formula is C13H16FN5OS. The number of anilines is 3. The predicted molar refractivity (Wildman–Crippen MR) is 81.6 cm³/mol. The minimum atomic E-state index is -0.502. The number of hydrogen-bond acceptors (Lipinski definition) is 7. The average molecular weight is 309 g/mol. The van der Waals surface area contributed by atoms with E-state index in [0.29, 0.717) is 16.7 Å². The number of halogens is 1. The molecule has 6 N–H and O–H groups in total. The van der Waals surface area contributed by atoms with E-state index in [2.05, 4.69) is 9.97 Å². The van der Waals surface area contributed by atoms with Gasteiger partial charge in [-0.1, -0.05) is 6.92 Å². The molecule has 8 heteroatoms. The second-order valence-corrected chi connectivity index (χ2v) is 5.28. The Kier molecular flexibility index (Phi) is 4.69. The minimum Gasteiger partial charge on any atom is -0.490 e. The Hall–Kier alpha value is -2.22. The van der Waals surface area contributed by atoms with Gasteiger partial charge in [0.25, 0.3) is 0 Å². The van der Waals surface area contributed by atoms with E-state index in [1.165, 1.54) is 18.2 Å². The second kappa shape index (κ2) is 6.49. The molecule has 112 valence electrons. The van der Waals surface area contributed by atoms with Crippen molar-refractivity contribution >= 4 is 29.1 Å². The maximum Gasteiger partial charge on any atom is 0.196 e. The van der Waals surface area contributed by atoms with Crippen LogP contribution >= 0.6 is 11.8 Å². The Morgan fingerprint density at radius 2 is 1.81 bits per heavy atom. The third-order valence-corrected chi connectivity index (χ3v) is 3.41. The lowest BCUT2D eigenvalue weighted by Crippen LogP contribution is -2.01. The standard InChI is InChI=1S/C13H16FN5OS/c1-2-3-20-9-5-10(8(15)4-7(9)14)21-13-18-11(16)6-12(17)19-13/h4-6H,2-3,15H2,1H3,(H4,16,17,18,19). The molecule has 0 saturated heterocycles. The van der Waals surface area contributed by atoms with Crippen molar-refractivity contribution < 1.29 is 9.13 Å². The normalized spacial score (nSPS) is 10.6. The molecule has 0 spiro atoms. The van der Waals surface area contributed by atoms with Gasteiger partial charge in [0.1, 0.15) is 11.6 Å². The van der Waals surface area contributed by atoms with Crippen LogP contribution in [0.1, 0.15) is 13.3 Å². The van der Waals surface area contributed by atoms with Gasteiger partial charge in [-0.05, 0) is 24.2 Å². The summed E-state index contributed by atoms with van der Waals surface area (Å²) in [5.41, 5.74) is 17.3. The Morgan fingerprint density at radius 1 is 1.14 bits per heavy atom. The lowest BCUT2D eigenvalue weighted by atomic mass is 10.3. The van der Waals surface area contributed by atoms with Gasteiger partial charge in [0.05, 0.1) is 6.61 Å². The summed E-state index contributed by atoms with van der Waals surface area (Å²) < 4.78 is 19.1. The summed E-state index contributed by atoms with van der Waals surface area (Å²) in [6, 6.07) is 4.19. The number of aromatic nitrogens is 2. The molecule has 0 fully saturated rings. The number of nitrogens with two attached hydrogens (primary N) is 3. The largest absolute Gasteiger partial charge is 0.490 e. The third-order valence-electron chi connectivity index (χ3n) is 2.47. The number of benzene rings is 1. The summed E-state index contributed by atoms with van der Waals surface area (Å²) >= 11 is 1.14. The fourth-order valence-corrected chi connectivity index (χ4v) is 2.41. The maximum absolute atomic E-state index is 13.7. The fourth-order valence-electron chi connectivity index (χ4n) is 1.57. The molecule has 2 rings (SSSR count). The van der Waals surface area contributed by atoms with Crippen molar-refractivity contribution in [1.29, 1.82) is 0 Å². The van der Waals surface area contributed by atoms with E-state index in [1.54, 1.807) is 0 Å². The number of nitrogens with zero attached hydrogens (tertiary/aromatic N) is 2. The highest BCUT2D eigenvalue weighted by Gasteiger charge is 2.12. The summed E-state index contributed by atoms with van der Waals surface area (Å²) in [5.74, 6) is 0.157.